The monoisotopic (exact) mass is 125 g/mol. The number of hydrogen-bond acceptors (Lipinski definition) is 2. The lowest BCUT2D eigenvalue weighted by Crippen LogP contribution is -2.41. The van der Waals surface area contributed by atoms with Gasteiger partial charge in [-0.1, -0.05) is 6.08 Å². The average Bonchev–Trinajstić information content (AvgIpc) is 1.60. The minimum atomic E-state index is 0.128. The standard InChI is InChI=1S/C7H11NO/c1-6(9)2-3-7-4-5-8-7/h2-3,7-8H,4-5H2,1H3/b3-2+. The summed E-state index contributed by atoms with van der Waals surface area (Å²) in [6.07, 6.45) is 4.71. The van der Waals surface area contributed by atoms with Gasteiger partial charge in [-0.2, -0.15) is 0 Å². The van der Waals surface area contributed by atoms with Gasteiger partial charge in [-0.05, 0) is 26.0 Å². The van der Waals surface area contributed by atoms with Gasteiger partial charge in [0.2, 0.25) is 0 Å². The van der Waals surface area contributed by atoms with Crippen LogP contribution in [0.3, 0.4) is 0 Å². The van der Waals surface area contributed by atoms with Crippen LogP contribution >= 0.6 is 0 Å². The molecular formula is C7H11NO. The van der Waals surface area contributed by atoms with E-state index in [-0.39, 0.29) is 5.78 Å². The molecule has 0 aromatic rings. The average molecular weight is 125 g/mol. The highest BCUT2D eigenvalue weighted by Crippen LogP contribution is 2.02. The number of nitrogens with one attached hydrogen (secondary N) is 1. The van der Waals surface area contributed by atoms with E-state index in [1.54, 1.807) is 13.0 Å². The molecule has 1 rings (SSSR count). The van der Waals surface area contributed by atoms with Crippen LogP contribution in [0, 0.1) is 0 Å². The van der Waals surface area contributed by atoms with Gasteiger partial charge in [0.15, 0.2) is 5.78 Å². The Labute approximate surface area is 54.9 Å². The second kappa shape index (κ2) is 2.78. The van der Waals surface area contributed by atoms with Gasteiger partial charge >= 0.3 is 0 Å². The number of hydrogen-bond donors (Lipinski definition) is 1. The molecule has 0 radical (unpaired) electrons. The molecule has 2 heteroatoms. The van der Waals surface area contributed by atoms with Crippen molar-refractivity contribution in [2.45, 2.75) is 19.4 Å². The Morgan fingerprint density at radius 2 is 2.44 bits per heavy atom. The molecule has 0 spiro atoms. The molecule has 0 saturated carbocycles. The molecule has 1 fully saturated rings. The van der Waals surface area contributed by atoms with Crippen molar-refractivity contribution in [1.82, 2.24) is 5.32 Å². The molecule has 0 aliphatic carbocycles. The lowest BCUT2D eigenvalue weighted by Gasteiger charge is -2.23. The third kappa shape index (κ3) is 1.98. The first kappa shape index (κ1) is 6.49. The van der Waals surface area contributed by atoms with Crippen molar-refractivity contribution in [3.05, 3.63) is 12.2 Å². The van der Waals surface area contributed by atoms with Crippen molar-refractivity contribution in [2.75, 3.05) is 6.54 Å². The lowest BCUT2D eigenvalue weighted by atomic mass is 10.1. The highest BCUT2D eigenvalue weighted by atomic mass is 16.1. The maximum absolute atomic E-state index is 10.4. The summed E-state index contributed by atoms with van der Waals surface area (Å²) in [5.74, 6) is 0.128. The smallest absolute Gasteiger partial charge is 0.152 e. The van der Waals surface area contributed by atoms with Gasteiger partial charge in [-0.3, -0.25) is 4.79 Å². The van der Waals surface area contributed by atoms with Crippen LogP contribution in [-0.2, 0) is 4.79 Å². The van der Waals surface area contributed by atoms with E-state index < -0.39 is 0 Å². The van der Waals surface area contributed by atoms with E-state index in [0.717, 1.165) is 6.54 Å². The topological polar surface area (TPSA) is 29.1 Å². The van der Waals surface area contributed by atoms with E-state index in [1.807, 2.05) is 6.08 Å². The van der Waals surface area contributed by atoms with Crippen LogP contribution in [0.4, 0.5) is 0 Å². The Bertz CT molecular complexity index is 136. The summed E-state index contributed by atoms with van der Waals surface area (Å²) < 4.78 is 0. The SMILES string of the molecule is CC(=O)/C=C/C1CCN1. The third-order valence-corrected chi connectivity index (χ3v) is 1.43. The van der Waals surface area contributed by atoms with Gasteiger partial charge in [0.1, 0.15) is 0 Å². The molecule has 50 valence electrons. The first-order valence-electron chi connectivity index (χ1n) is 3.21. The normalized spacial score (nSPS) is 26.1. The Morgan fingerprint density at radius 3 is 2.78 bits per heavy atom. The summed E-state index contributed by atoms with van der Waals surface area (Å²) in [4.78, 5) is 10.4. The zero-order valence-electron chi connectivity index (χ0n) is 5.55. The number of allylic oxidation sites excluding steroid dienone is 1. The first-order chi connectivity index (χ1) is 4.29. The van der Waals surface area contributed by atoms with Crippen LogP contribution in [0.5, 0.6) is 0 Å². The molecule has 2 nitrogen and oxygen atoms in total. The maximum Gasteiger partial charge on any atom is 0.152 e. The molecule has 1 aliphatic heterocycles. The van der Waals surface area contributed by atoms with Crippen LogP contribution in [0.1, 0.15) is 13.3 Å². The molecule has 1 unspecified atom stereocenters. The molecule has 0 aromatic carbocycles. The summed E-state index contributed by atoms with van der Waals surface area (Å²) in [7, 11) is 0. The van der Waals surface area contributed by atoms with E-state index >= 15 is 0 Å². The maximum atomic E-state index is 10.4. The number of rotatable bonds is 2. The van der Waals surface area contributed by atoms with Crippen molar-refractivity contribution in [3.63, 3.8) is 0 Å². The predicted octanol–water partition coefficient (Wildman–Crippen LogP) is 0.493. The van der Waals surface area contributed by atoms with E-state index in [2.05, 4.69) is 5.32 Å². The van der Waals surface area contributed by atoms with Crippen LogP contribution in [0.25, 0.3) is 0 Å². The fraction of sp³-hybridized carbons (Fsp3) is 0.571. The lowest BCUT2D eigenvalue weighted by molar-refractivity contribution is -0.112. The zero-order chi connectivity index (χ0) is 6.69. The van der Waals surface area contributed by atoms with Gasteiger partial charge in [-0.25, -0.2) is 0 Å². The molecule has 1 saturated heterocycles. The van der Waals surface area contributed by atoms with Gasteiger partial charge in [0.05, 0.1) is 0 Å². The highest BCUT2D eigenvalue weighted by Gasteiger charge is 2.11. The minimum Gasteiger partial charge on any atom is -0.310 e. The minimum absolute atomic E-state index is 0.128. The molecule has 9 heavy (non-hydrogen) atoms. The summed E-state index contributed by atoms with van der Waals surface area (Å²) in [5.41, 5.74) is 0. The Hall–Kier alpha value is -0.630. The van der Waals surface area contributed by atoms with Crippen molar-refractivity contribution < 1.29 is 4.79 Å². The molecular weight excluding hydrogens is 114 g/mol. The molecule has 1 heterocycles. The second-order valence-electron chi connectivity index (χ2n) is 2.32. The molecule has 1 N–H and O–H groups in total. The van der Waals surface area contributed by atoms with Crippen LogP contribution in [0.15, 0.2) is 12.2 Å². The molecule has 0 amide bonds. The summed E-state index contributed by atoms with van der Waals surface area (Å²) >= 11 is 0. The Morgan fingerprint density at radius 1 is 1.78 bits per heavy atom. The van der Waals surface area contributed by atoms with E-state index in [1.165, 1.54) is 6.42 Å². The molecule has 0 aromatic heterocycles. The third-order valence-electron chi connectivity index (χ3n) is 1.43. The summed E-state index contributed by atoms with van der Waals surface area (Å²) in [6, 6.07) is 0.467. The summed E-state index contributed by atoms with van der Waals surface area (Å²) in [6.45, 7) is 2.65. The number of carbonyl (C=O) groups excluding carboxylic acids is 1. The van der Waals surface area contributed by atoms with Gasteiger partial charge in [-0.15, -0.1) is 0 Å². The van der Waals surface area contributed by atoms with Crippen molar-refractivity contribution >= 4 is 5.78 Å². The predicted molar refractivity (Wildman–Crippen MR) is 36.2 cm³/mol. The second-order valence-corrected chi connectivity index (χ2v) is 2.32. The number of carbonyl (C=O) groups is 1. The number of ketones is 1. The quantitative estimate of drug-likeness (QED) is 0.544. The van der Waals surface area contributed by atoms with E-state index in [9.17, 15) is 4.79 Å². The van der Waals surface area contributed by atoms with Crippen LogP contribution < -0.4 is 5.32 Å². The Kier molecular flexibility index (Phi) is 2.01. The van der Waals surface area contributed by atoms with Gasteiger partial charge in [0, 0.05) is 6.04 Å². The van der Waals surface area contributed by atoms with Gasteiger partial charge < -0.3 is 5.32 Å². The van der Waals surface area contributed by atoms with Gasteiger partial charge in [0.25, 0.3) is 0 Å². The fourth-order valence-corrected chi connectivity index (χ4v) is 0.727. The zero-order valence-corrected chi connectivity index (χ0v) is 5.55. The molecule has 0 bridgehead atoms. The van der Waals surface area contributed by atoms with Crippen molar-refractivity contribution in [2.24, 2.45) is 0 Å². The molecule has 1 atom stereocenters. The highest BCUT2D eigenvalue weighted by molar-refractivity contribution is 5.87. The largest absolute Gasteiger partial charge is 0.310 e. The summed E-state index contributed by atoms with van der Waals surface area (Å²) in [5, 5.41) is 3.16. The van der Waals surface area contributed by atoms with Crippen molar-refractivity contribution in [3.8, 4) is 0 Å². The van der Waals surface area contributed by atoms with Crippen LogP contribution in [-0.4, -0.2) is 18.4 Å². The van der Waals surface area contributed by atoms with Crippen molar-refractivity contribution in [1.29, 1.82) is 0 Å². The fourth-order valence-electron chi connectivity index (χ4n) is 0.727. The van der Waals surface area contributed by atoms with E-state index in [4.69, 9.17) is 0 Å². The first-order valence-corrected chi connectivity index (χ1v) is 3.21. The Balaban J connectivity index is 2.22. The molecule has 1 aliphatic rings. The van der Waals surface area contributed by atoms with Crippen LogP contribution in [0.2, 0.25) is 0 Å². The van der Waals surface area contributed by atoms with E-state index in [0.29, 0.717) is 6.04 Å².